The van der Waals surface area contributed by atoms with E-state index >= 15 is 0 Å². The third-order valence-electron chi connectivity index (χ3n) is 2.01. The Bertz CT molecular complexity index is 399. The Labute approximate surface area is 111 Å². The van der Waals surface area contributed by atoms with Crippen LogP contribution in [0.3, 0.4) is 0 Å². The first-order chi connectivity index (χ1) is 8.67. The zero-order valence-electron chi connectivity index (χ0n) is 10.2. The molecule has 0 spiro atoms. The Kier molecular flexibility index (Phi) is 6.49. The molecule has 0 saturated carbocycles. The summed E-state index contributed by atoms with van der Waals surface area (Å²) in [6.07, 6.45) is 0. The third kappa shape index (κ3) is 4.91. The van der Waals surface area contributed by atoms with Gasteiger partial charge in [-0.25, -0.2) is 0 Å². The van der Waals surface area contributed by atoms with Crippen LogP contribution in [0.25, 0.3) is 0 Å². The Morgan fingerprint density at radius 1 is 1.50 bits per heavy atom. The minimum Gasteiger partial charge on any atom is -0.492 e. The summed E-state index contributed by atoms with van der Waals surface area (Å²) < 4.78 is 10.4. The van der Waals surface area contributed by atoms with Crippen LogP contribution in [0.4, 0.5) is 5.69 Å². The molecule has 0 aliphatic heterocycles. The number of nitrogens with one attached hydrogen (secondary N) is 1. The Morgan fingerprint density at radius 2 is 2.28 bits per heavy atom. The third-order valence-corrected chi connectivity index (χ3v) is 2.25. The number of carbonyl (C=O) groups is 1. The SMILES string of the molecule is CCOc1ccc(Cl)cc1NC(=O)COCCN. The topological polar surface area (TPSA) is 73.6 Å². The number of ether oxygens (including phenoxy) is 2. The summed E-state index contributed by atoms with van der Waals surface area (Å²) in [6, 6.07) is 5.04. The number of nitrogens with two attached hydrogens (primary N) is 1. The smallest absolute Gasteiger partial charge is 0.250 e. The molecule has 0 atom stereocenters. The summed E-state index contributed by atoms with van der Waals surface area (Å²) in [6.45, 7) is 3.06. The molecule has 0 radical (unpaired) electrons. The van der Waals surface area contributed by atoms with Gasteiger partial charge in [0.25, 0.3) is 0 Å². The van der Waals surface area contributed by atoms with Crippen molar-refractivity contribution in [2.75, 3.05) is 31.7 Å². The highest BCUT2D eigenvalue weighted by molar-refractivity contribution is 6.31. The molecule has 1 amide bonds. The van der Waals surface area contributed by atoms with Gasteiger partial charge < -0.3 is 20.5 Å². The number of carbonyl (C=O) groups excluding carboxylic acids is 1. The van der Waals surface area contributed by atoms with Crippen LogP contribution < -0.4 is 15.8 Å². The van der Waals surface area contributed by atoms with Gasteiger partial charge in [-0.2, -0.15) is 0 Å². The number of hydrogen-bond donors (Lipinski definition) is 2. The molecule has 0 aromatic heterocycles. The van der Waals surface area contributed by atoms with Crippen molar-refractivity contribution in [2.45, 2.75) is 6.92 Å². The Hall–Kier alpha value is -1.30. The van der Waals surface area contributed by atoms with Gasteiger partial charge in [-0.3, -0.25) is 4.79 Å². The maximum atomic E-state index is 11.6. The predicted octanol–water partition coefficient (Wildman–Crippen LogP) is 1.65. The molecule has 0 bridgehead atoms. The van der Waals surface area contributed by atoms with Gasteiger partial charge in [0.2, 0.25) is 5.91 Å². The number of rotatable bonds is 7. The molecular formula is C12H17ClN2O3. The molecular weight excluding hydrogens is 256 g/mol. The van der Waals surface area contributed by atoms with Crippen LogP contribution in [0.15, 0.2) is 18.2 Å². The number of anilines is 1. The summed E-state index contributed by atoms with van der Waals surface area (Å²) >= 11 is 5.87. The van der Waals surface area contributed by atoms with E-state index in [-0.39, 0.29) is 12.5 Å². The highest BCUT2D eigenvalue weighted by Crippen LogP contribution is 2.27. The molecule has 1 aromatic rings. The molecule has 1 rings (SSSR count). The number of amides is 1. The molecule has 0 unspecified atom stereocenters. The quantitative estimate of drug-likeness (QED) is 0.740. The summed E-state index contributed by atoms with van der Waals surface area (Å²) in [5, 5.41) is 3.21. The molecule has 0 fully saturated rings. The van der Waals surface area contributed by atoms with E-state index in [1.165, 1.54) is 0 Å². The van der Waals surface area contributed by atoms with Crippen molar-refractivity contribution in [2.24, 2.45) is 5.73 Å². The second-order valence-corrected chi connectivity index (χ2v) is 3.90. The van der Waals surface area contributed by atoms with Gasteiger partial charge >= 0.3 is 0 Å². The van der Waals surface area contributed by atoms with E-state index in [0.29, 0.717) is 36.2 Å². The van der Waals surface area contributed by atoms with Crippen LogP contribution in [0, 0.1) is 0 Å². The average molecular weight is 273 g/mol. The van der Waals surface area contributed by atoms with Gasteiger partial charge in [0.15, 0.2) is 0 Å². The fourth-order valence-electron chi connectivity index (χ4n) is 1.32. The molecule has 0 saturated heterocycles. The van der Waals surface area contributed by atoms with Crippen LogP contribution >= 0.6 is 11.6 Å². The molecule has 6 heteroatoms. The van der Waals surface area contributed by atoms with Crippen molar-refractivity contribution in [1.29, 1.82) is 0 Å². The molecule has 1 aromatic carbocycles. The first-order valence-electron chi connectivity index (χ1n) is 5.67. The lowest BCUT2D eigenvalue weighted by Crippen LogP contribution is -2.21. The van der Waals surface area contributed by atoms with Gasteiger partial charge in [-0.1, -0.05) is 11.6 Å². The Morgan fingerprint density at radius 3 is 2.94 bits per heavy atom. The molecule has 0 aliphatic carbocycles. The number of benzene rings is 1. The van der Waals surface area contributed by atoms with E-state index in [0.717, 1.165) is 0 Å². The van der Waals surface area contributed by atoms with Gasteiger partial charge in [-0.15, -0.1) is 0 Å². The minimum atomic E-state index is -0.272. The van der Waals surface area contributed by atoms with E-state index < -0.39 is 0 Å². The monoisotopic (exact) mass is 272 g/mol. The molecule has 0 aliphatic rings. The maximum absolute atomic E-state index is 11.6. The van der Waals surface area contributed by atoms with Crippen LogP contribution in [0.5, 0.6) is 5.75 Å². The predicted molar refractivity (Wildman–Crippen MR) is 71.1 cm³/mol. The summed E-state index contributed by atoms with van der Waals surface area (Å²) in [4.78, 5) is 11.6. The second kappa shape index (κ2) is 7.92. The fourth-order valence-corrected chi connectivity index (χ4v) is 1.49. The zero-order chi connectivity index (χ0) is 13.4. The van der Waals surface area contributed by atoms with Crippen LogP contribution in [-0.2, 0) is 9.53 Å². The lowest BCUT2D eigenvalue weighted by atomic mass is 10.3. The van der Waals surface area contributed by atoms with Gasteiger partial charge in [-0.05, 0) is 25.1 Å². The first-order valence-corrected chi connectivity index (χ1v) is 6.05. The number of halogens is 1. The van der Waals surface area contributed by atoms with E-state index in [9.17, 15) is 4.79 Å². The molecule has 5 nitrogen and oxygen atoms in total. The lowest BCUT2D eigenvalue weighted by molar-refractivity contribution is -0.120. The fraction of sp³-hybridized carbons (Fsp3) is 0.417. The normalized spacial score (nSPS) is 10.2. The summed E-state index contributed by atoms with van der Waals surface area (Å²) in [5.41, 5.74) is 5.79. The van der Waals surface area contributed by atoms with Crippen molar-refractivity contribution in [3.8, 4) is 5.75 Å². The van der Waals surface area contributed by atoms with Crippen LogP contribution in [0.1, 0.15) is 6.92 Å². The van der Waals surface area contributed by atoms with Crippen LogP contribution in [-0.4, -0.2) is 32.3 Å². The Balaban J connectivity index is 2.63. The standard InChI is InChI=1S/C12H17ClN2O3/c1-2-18-11-4-3-9(13)7-10(11)15-12(16)8-17-6-5-14/h3-4,7H,2,5-6,8,14H2,1H3,(H,15,16). The lowest BCUT2D eigenvalue weighted by Gasteiger charge is -2.11. The minimum absolute atomic E-state index is 0.0464. The highest BCUT2D eigenvalue weighted by Gasteiger charge is 2.08. The van der Waals surface area contributed by atoms with Crippen LogP contribution in [0.2, 0.25) is 5.02 Å². The summed E-state index contributed by atoms with van der Waals surface area (Å²) in [7, 11) is 0. The van der Waals surface area contributed by atoms with Crippen molar-refractivity contribution >= 4 is 23.2 Å². The highest BCUT2D eigenvalue weighted by atomic mass is 35.5. The molecule has 0 heterocycles. The van der Waals surface area contributed by atoms with Crippen molar-refractivity contribution < 1.29 is 14.3 Å². The van der Waals surface area contributed by atoms with Crippen molar-refractivity contribution in [3.05, 3.63) is 23.2 Å². The summed E-state index contributed by atoms with van der Waals surface area (Å²) in [5.74, 6) is 0.306. The molecule has 3 N–H and O–H groups in total. The molecule has 18 heavy (non-hydrogen) atoms. The molecule has 100 valence electrons. The second-order valence-electron chi connectivity index (χ2n) is 3.46. The average Bonchev–Trinajstić information content (AvgIpc) is 2.33. The van der Waals surface area contributed by atoms with E-state index in [2.05, 4.69) is 5.32 Å². The van der Waals surface area contributed by atoms with Gasteiger partial charge in [0, 0.05) is 11.6 Å². The van der Waals surface area contributed by atoms with E-state index in [1.54, 1.807) is 18.2 Å². The largest absolute Gasteiger partial charge is 0.492 e. The van der Waals surface area contributed by atoms with Crippen molar-refractivity contribution in [3.63, 3.8) is 0 Å². The van der Waals surface area contributed by atoms with Crippen molar-refractivity contribution in [1.82, 2.24) is 0 Å². The van der Waals surface area contributed by atoms with Gasteiger partial charge in [0.1, 0.15) is 12.4 Å². The zero-order valence-corrected chi connectivity index (χ0v) is 11.0. The van der Waals surface area contributed by atoms with E-state index in [4.69, 9.17) is 26.8 Å². The first kappa shape index (κ1) is 14.8. The maximum Gasteiger partial charge on any atom is 0.250 e. The van der Waals surface area contributed by atoms with E-state index in [1.807, 2.05) is 6.92 Å². The van der Waals surface area contributed by atoms with Gasteiger partial charge in [0.05, 0.1) is 18.9 Å². The number of hydrogen-bond acceptors (Lipinski definition) is 4.